The third kappa shape index (κ3) is 3.62. The fourth-order valence-electron chi connectivity index (χ4n) is 7.09. The van der Waals surface area contributed by atoms with Crippen LogP contribution >= 0.6 is 0 Å². The van der Waals surface area contributed by atoms with Crippen LogP contribution in [0, 0.1) is 23.1 Å². The summed E-state index contributed by atoms with van der Waals surface area (Å²) in [5, 5.41) is 3.18. The summed E-state index contributed by atoms with van der Waals surface area (Å²) in [6.45, 7) is 0. The van der Waals surface area contributed by atoms with Crippen molar-refractivity contribution in [3.8, 4) is 5.75 Å². The van der Waals surface area contributed by atoms with Crippen LogP contribution in [0.4, 0.5) is 4.39 Å². The Morgan fingerprint density at radius 2 is 1.82 bits per heavy atom. The van der Waals surface area contributed by atoms with Gasteiger partial charge in [-0.1, -0.05) is 0 Å². The molecule has 2 amide bonds. The Kier molecular flexibility index (Phi) is 5.06. The third-order valence-electron chi connectivity index (χ3n) is 8.37. The molecule has 2 atom stereocenters. The summed E-state index contributed by atoms with van der Waals surface area (Å²) in [5.41, 5.74) is 3.41. The molecule has 4 N–H and O–H groups in total. The highest BCUT2D eigenvalue weighted by Gasteiger charge is 2.61. The second kappa shape index (κ2) is 7.40. The minimum absolute atomic E-state index is 0.0600. The van der Waals surface area contributed by atoms with Gasteiger partial charge in [-0.05, 0) is 87.8 Å². The van der Waals surface area contributed by atoms with Crippen molar-refractivity contribution in [1.29, 1.82) is 0 Å². The molecule has 5 saturated carbocycles. The largest absolute Gasteiger partial charge is 0.494 e. The van der Waals surface area contributed by atoms with Gasteiger partial charge in [0.05, 0.1) is 17.4 Å². The number of carbonyl (C=O) groups excluding carboxylic acids is 2. The zero-order valence-electron chi connectivity index (χ0n) is 18.7. The van der Waals surface area contributed by atoms with Crippen LogP contribution in [0.1, 0.15) is 57.8 Å². The van der Waals surface area contributed by atoms with Crippen LogP contribution in [-0.2, 0) is 19.6 Å². The van der Waals surface area contributed by atoms with E-state index in [4.69, 9.17) is 10.5 Å². The fraction of sp³-hybridized carbons (Fsp3) is 0.652. The Balaban J connectivity index is 1.38. The zero-order chi connectivity index (χ0) is 23.6. The molecule has 5 aliphatic carbocycles. The topological polar surface area (TPSA) is 128 Å². The van der Waals surface area contributed by atoms with Crippen molar-refractivity contribution >= 4 is 21.8 Å². The molecule has 6 rings (SSSR count). The third-order valence-corrected chi connectivity index (χ3v) is 9.90. The molecule has 0 aliphatic heterocycles. The van der Waals surface area contributed by atoms with Crippen LogP contribution in [0.5, 0.6) is 5.75 Å². The molecule has 0 radical (unpaired) electrons. The van der Waals surface area contributed by atoms with Crippen LogP contribution in [0.2, 0.25) is 0 Å². The molecule has 0 heterocycles. The van der Waals surface area contributed by atoms with Crippen molar-refractivity contribution in [2.45, 2.75) is 73.8 Å². The van der Waals surface area contributed by atoms with Gasteiger partial charge in [0.2, 0.25) is 21.8 Å². The summed E-state index contributed by atoms with van der Waals surface area (Å²) in [4.78, 5) is 25.6. The number of hydrogen-bond donors (Lipinski definition) is 3. The number of amides is 2. The smallest absolute Gasteiger partial charge is 0.241 e. The quantitative estimate of drug-likeness (QED) is 0.551. The number of rotatable bonds is 7. The standard InChI is InChI=1S/C23H30FN3O5S/c1-32-18-4-3-16(8-17(18)24)33(30,31)27-23(5-2-6-23)20(29)26-22-11-14-7-15(12-22)10-21(9-14,13-22)19(25)28/h3-4,8,14-15,27H,2,5-7,9-13H2,1H3,(H2,25,28)(H,26,29). The van der Waals surface area contributed by atoms with Crippen molar-refractivity contribution < 1.29 is 27.1 Å². The second-order valence-corrected chi connectivity index (χ2v) is 12.4. The number of nitrogens with one attached hydrogen (secondary N) is 2. The van der Waals surface area contributed by atoms with E-state index in [9.17, 15) is 22.4 Å². The van der Waals surface area contributed by atoms with Crippen LogP contribution in [-0.4, -0.2) is 38.4 Å². The van der Waals surface area contributed by atoms with Gasteiger partial charge in [-0.15, -0.1) is 0 Å². The molecule has 33 heavy (non-hydrogen) atoms. The highest BCUT2D eigenvalue weighted by Crippen LogP contribution is 2.61. The highest BCUT2D eigenvalue weighted by atomic mass is 32.2. The lowest BCUT2D eigenvalue weighted by Gasteiger charge is -2.61. The maximum atomic E-state index is 14.1. The Hall–Kier alpha value is -2.20. The van der Waals surface area contributed by atoms with Gasteiger partial charge in [-0.2, -0.15) is 4.72 Å². The molecule has 0 spiro atoms. The molecule has 5 aliphatic rings. The first-order valence-corrected chi connectivity index (χ1v) is 13.0. The zero-order valence-corrected chi connectivity index (χ0v) is 19.5. The molecule has 5 fully saturated rings. The second-order valence-electron chi connectivity index (χ2n) is 10.7. The Morgan fingerprint density at radius 3 is 2.33 bits per heavy atom. The molecule has 180 valence electrons. The van der Waals surface area contributed by atoms with Gasteiger partial charge in [0.15, 0.2) is 11.6 Å². The Morgan fingerprint density at radius 1 is 1.15 bits per heavy atom. The van der Waals surface area contributed by atoms with Crippen molar-refractivity contribution in [2.24, 2.45) is 23.0 Å². The summed E-state index contributed by atoms with van der Waals surface area (Å²) < 4.78 is 47.6. The lowest BCUT2D eigenvalue weighted by Crippen LogP contribution is -2.70. The maximum Gasteiger partial charge on any atom is 0.241 e. The summed E-state index contributed by atoms with van der Waals surface area (Å²) in [5.74, 6) is -0.831. The summed E-state index contributed by atoms with van der Waals surface area (Å²) in [7, 11) is -2.85. The predicted octanol–water partition coefficient (Wildman–Crippen LogP) is 1.98. The summed E-state index contributed by atoms with van der Waals surface area (Å²) in [6, 6.07) is 3.39. The number of hydrogen-bond acceptors (Lipinski definition) is 5. The Bertz CT molecular complexity index is 1100. The number of benzene rings is 1. The number of nitrogens with two attached hydrogens (primary N) is 1. The molecular weight excluding hydrogens is 449 g/mol. The van der Waals surface area contributed by atoms with Gasteiger partial charge < -0.3 is 15.8 Å². The number of sulfonamides is 1. The van der Waals surface area contributed by atoms with Crippen LogP contribution in [0.3, 0.4) is 0 Å². The average Bonchev–Trinajstić information content (AvgIpc) is 2.69. The van der Waals surface area contributed by atoms with E-state index < -0.39 is 32.3 Å². The van der Waals surface area contributed by atoms with Crippen molar-refractivity contribution in [3.05, 3.63) is 24.0 Å². The first kappa shape index (κ1) is 22.6. The molecule has 10 heteroatoms. The minimum atomic E-state index is -4.14. The lowest BCUT2D eigenvalue weighted by molar-refractivity contribution is -0.152. The first-order valence-electron chi connectivity index (χ1n) is 11.5. The molecular formula is C23H30FN3O5S. The van der Waals surface area contributed by atoms with E-state index in [-0.39, 0.29) is 22.5 Å². The normalized spacial score (nSPS) is 33.9. The predicted molar refractivity (Wildman–Crippen MR) is 117 cm³/mol. The number of ether oxygens (including phenoxy) is 1. The van der Waals surface area contributed by atoms with E-state index in [1.165, 1.54) is 19.2 Å². The number of halogens is 1. The molecule has 0 aromatic heterocycles. The summed E-state index contributed by atoms with van der Waals surface area (Å²) >= 11 is 0. The van der Waals surface area contributed by atoms with Gasteiger partial charge in [0.25, 0.3) is 0 Å². The first-order chi connectivity index (χ1) is 15.5. The van der Waals surface area contributed by atoms with E-state index in [0.717, 1.165) is 38.2 Å². The molecule has 1 aromatic carbocycles. The fourth-order valence-corrected chi connectivity index (χ4v) is 8.53. The van der Waals surface area contributed by atoms with E-state index in [1.54, 1.807) is 0 Å². The monoisotopic (exact) mass is 479 g/mol. The molecule has 0 saturated heterocycles. The van der Waals surface area contributed by atoms with Gasteiger partial charge in [0, 0.05) is 5.54 Å². The van der Waals surface area contributed by atoms with Crippen molar-refractivity contribution in [3.63, 3.8) is 0 Å². The molecule has 4 bridgehead atoms. The van der Waals surface area contributed by atoms with Gasteiger partial charge in [-0.3, -0.25) is 9.59 Å². The van der Waals surface area contributed by atoms with E-state index in [0.29, 0.717) is 37.5 Å². The van der Waals surface area contributed by atoms with Crippen LogP contribution in [0.25, 0.3) is 0 Å². The number of carbonyl (C=O) groups is 2. The number of primary amides is 1. The van der Waals surface area contributed by atoms with Gasteiger partial charge in [-0.25, -0.2) is 12.8 Å². The maximum absolute atomic E-state index is 14.1. The molecule has 8 nitrogen and oxygen atoms in total. The molecule has 2 unspecified atom stereocenters. The van der Waals surface area contributed by atoms with Gasteiger partial charge >= 0.3 is 0 Å². The van der Waals surface area contributed by atoms with E-state index in [1.807, 2.05) is 0 Å². The molecule has 1 aromatic rings. The lowest BCUT2D eigenvalue weighted by atomic mass is 9.46. The van der Waals surface area contributed by atoms with Crippen LogP contribution in [0.15, 0.2) is 23.1 Å². The average molecular weight is 480 g/mol. The van der Waals surface area contributed by atoms with Crippen molar-refractivity contribution in [2.75, 3.05) is 7.11 Å². The minimum Gasteiger partial charge on any atom is -0.494 e. The summed E-state index contributed by atoms with van der Waals surface area (Å²) in [6.07, 6.45) is 6.12. The van der Waals surface area contributed by atoms with Gasteiger partial charge in [0.1, 0.15) is 5.54 Å². The number of methoxy groups -OCH3 is 1. The SMILES string of the molecule is COc1ccc(S(=O)(=O)NC2(C(=O)NC34CC5CC(C3)CC(C(N)=O)(C5)C4)CCC2)cc1F. The van der Waals surface area contributed by atoms with E-state index in [2.05, 4.69) is 10.0 Å². The van der Waals surface area contributed by atoms with Crippen LogP contribution < -0.4 is 20.5 Å². The van der Waals surface area contributed by atoms with E-state index >= 15 is 0 Å². The highest BCUT2D eigenvalue weighted by molar-refractivity contribution is 7.89. The Labute approximate surface area is 192 Å². The van der Waals surface area contributed by atoms with Crippen molar-refractivity contribution in [1.82, 2.24) is 10.0 Å².